The molecule has 5 aromatic rings. The summed E-state index contributed by atoms with van der Waals surface area (Å²) in [6.07, 6.45) is 0. The summed E-state index contributed by atoms with van der Waals surface area (Å²) in [5.41, 5.74) is 3.67. The van der Waals surface area contributed by atoms with Gasteiger partial charge in [-0.05, 0) is 51.9 Å². The number of hydrogen-bond acceptors (Lipinski definition) is 3. The Labute approximate surface area is 193 Å². The minimum Gasteiger partial charge on any atom is -0.507 e. The van der Waals surface area contributed by atoms with Crippen molar-refractivity contribution in [3.63, 3.8) is 0 Å². The van der Waals surface area contributed by atoms with Crippen molar-refractivity contribution < 1.29 is 13.5 Å². The number of fused-ring (bicyclic) bond motifs is 2. The first-order valence-corrected chi connectivity index (χ1v) is 12.4. The molecule has 0 bridgehead atoms. The number of aromatic hydroxyl groups is 1. The molecule has 0 spiro atoms. The van der Waals surface area contributed by atoms with Crippen LogP contribution in [-0.4, -0.2) is 13.5 Å². The van der Waals surface area contributed by atoms with E-state index in [-0.39, 0.29) is 11.5 Å². The van der Waals surface area contributed by atoms with Gasteiger partial charge in [-0.1, -0.05) is 84.9 Å². The zero-order chi connectivity index (χ0) is 23.0. The van der Waals surface area contributed by atoms with Crippen LogP contribution in [0.15, 0.2) is 97.1 Å². The molecule has 0 aliphatic rings. The van der Waals surface area contributed by atoms with E-state index >= 15 is 0 Å². The lowest BCUT2D eigenvalue weighted by atomic mass is 9.90. The van der Waals surface area contributed by atoms with Crippen LogP contribution in [0.4, 0.5) is 5.69 Å². The van der Waals surface area contributed by atoms with Crippen LogP contribution in [-0.2, 0) is 15.8 Å². The van der Waals surface area contributed by atoms with Gasteiger partial charge in [-0.2, -0.15) is 0 Å². The normalized spacial score (nSPS) is 11.7. The molecule has 5 rings (SSSR count). The molecule has 5 heteroatoms. The Morgan fingerprint density at radius 3 is 2.15 bits per heavy atom. The van der Waals surface area contributed by atoms with Crippen LogP contribution in [0.3, 0.4) is 0 Å². The second-order valence-electron chi connectivity index (χ2n) is 8.17. The predicted molar refractivity (Wildman–Crippen MR) is 136 cm³/mol. The van der Waals surface area contributed by atoms with Crippen molar-refractivity contribution in [2.24, 2.45) is 0 Å². The van der Waals surface area contributed by atoms with Crippen LogP contribution in [0, 0.1) is 6.92 Å². The van der Waals surface area contributed by atoms with Crippen molar-refractivity contribution >= 4 is 37.3 Å². The molecule has 0 atom stereocenters. The minimum absolute atomic E-state index is 0.120. The Kier molecular flexibility index (Phi) is 5.27. The summed E-state index contributed by atoms with van der Waals surface area (Å²) in [4.78, 5) is 0. The van der Waals surface area contributed by atoms with Gasteiger partial charge in [0.1, 0.15) is 5.75 Å². The molecule has 5 aromatic carbocycles. The zero-order valence-electron chi connectivity index (χ0n) is 18.1. The monoisotopic (exact) mass is 453 g/mol. The molecule has 0 saturated heterocycles. The Balaban J connectivity index is 1.71. The third-order valence-corrected chi connectivity index (χ3v) is 7.20. The molecule has 0 saturated carbocycles. The fraction of sp³-hybridized carbons (Fsp3) is 0.0714. The van der Waals surface area contributed by atoms with E-state index in [0.717, 1.165) is 32.7 Å². The predicted octanol–water partition coefficient (Wildman–Crippen LogP) is 6.62. The van der Waals surface area contributed by atoms with Gasteiger partial charge >= 0.3 is 0 Å². The molecule has 33 heavy (non-hydrogen) atoms. The number of nitrogens with one attached hydrogen (secondary N) is 1. The van der Waals surface area contributed by atoms with E-state index in [1.165, 1.54) is 0 Å². The number of phenols is 1. The summed E-state index contributed by atoms with van der Waals surface area (Å²) in [6.45, 7) is 2.00. The number of hydrogen-bond donors (Lipinski definition) is 2. The van der Waals surface area contributed by atoms with Crippen LogP contribution in [0.1, 0.15) is 11.1 Å². The number of aryl methyl sites for hydroxylation is 1. The minimum atomic E-state index is -3.66. The maximum Gasteiger partial charge on any atom is 0.236 e. The van der Waals surface area contributed by atoms with Gasteiger partial charge in [0.05, 0.1) is 11.4 Å². The summed E-state index contributed by atoms with van der Waals surface area (Å²) < 4.78 is 28.9. The molecule has 2 N–H and O–H groups in total. The summed E-state index contributed by atoms with van der Waals surface area (Å²) in [5.74, 6) is 0.0374. The Morgan fingerprint density at radius 1 is 0.758 bits per heavy atom. The van der Waals surface area contributed by atoms with E-state index in [9.17, 15) is 13.5 Å². The largest absolute Gasteiger partial charge is 0.507 e. The summed E-state index contributed by atoms with van der Waals surface area (Å²) in [7, 11) is -3.66. The Morgan fingerprint density at radius 2 is 1.39 bits per heavy atom. The zero-order valence-corrected chi connectivity index (χ0v) is 18.9. The molecule has 0 radical (unpaired) electrons. The second-order valence-corrected chi connectivity index (χ2v) is 9.89. The number of sulfonamides is 1. The van der Waals surface area contributed by atoms with Crippen LogP contribution in [0.5, 0.6) is 5.75 Å². The molecule has 4 nitrogen and oxygen atoms in total. The highest BCUT2D eigenvalue weighted by atomic mass is 32.2. The lowest BCUT2D eigenvalue weighted by molar-refractivity contribution is 0.478. The number of rotatable bonds is 5. The third kappa shape index (κ3) is 4.03. The van der Waals surface area contributed by atoms with Gasteiger partial charge in [-0.25, -0.2) is 8.42 Å². The van der Waals surface area contributed by atoms with Crippen molar-refractivity contribution in [2.75, 3.05) is 4.72 Å². The van der Waals surface area contributed by atoms with Crippen LogP contribution in [0.25, 0.3) is 32.7 Å². The molecule has 0 heterocycles. The van der Waals surface area contributed by atoms with E-state index < -0.39 is 10.0 Å². The third-order valence-electron chi connectivity index (χ3n) is 5.96. The summed E-state index contributed by atoms with van der Waals surface area (Å²) in [5, 5.41) is 14.5. The van der Waals surface area contributed by atoms with E-state index in [0.29, 0.717) is 16.8 Å². The Bertz CT molecular complexity index is 1590. The van der Waals surface area contributed by atoms with Crippen molar-refractivity contribution in [1.29, 1.82) is 0 Å². The second kappa shape index (κ2) is 8.26. The Hall–Kier alpha value is -3.83. The first kappa shape index (κ1) is 21.0. The highest BCUT2D eigenvalue weighted by Gasteiger charge is 2.19. The van der Waals surface area contributed by atoms with Crippen LogP contribution < -0.4 is 4.72 Å². The number of phenolic OH excluding ortho intramolecular Hbond substituents is 1. The van der Waals surface area contributed by atoms with Crippen molar-refractivity contribution in [2.45, 2.75) is 12.7 Å². The molecule has 164 valence electrons. The lowest BCUT2D eigenvalue weighted by Gasteiger charge is -2.18. The molecular weight excluding hydrogens is 430 g/mol. The molecule has 0 amide bonds. The van der Waals surface area contributed by atoms with E-state index in [4.69, 9.17) is 0 Å². The molecule has 0 fully saturated rings. The van der Waals surface area contributed by atoms with Crippen molar-refractivity contribution in [3.8, 4) is 16.9 Å². The highest BCUT2D eigenvalue weighted by Crippen LogP contribution is 2.42. The molecule has 0 aliphatic heterocycles. The summed E-state index contributed by atoms with van der Waals surface area (Å²) in [6, 6.07) is 30.1. The van der Waals surface area contributed by atoms with Gasteiger partial charge in [-0.15, -0.1) is 0 Å². The standard InChI is InChI=1S/C28H23NO3S/c1-19-22-12-7-8-14-24(22)26(29-33(31,32)18-20-9-3-2-4-10-20)17-25(19)28-23-13-6-5-11-21(23)15-16-27(28)30/h2-17,29-30H,18H2,1H3. The molecular formula is C28H23NO3S. The first-order chi connectivity index (χ1) is 15.9. The van der Waals surface area contributed by atoms with Gasteiger partial charge in [0, 0.05) is 10.9 Å². The van der Waals surface area contributed by atoms with Crippen molar-refractivity contribution in [1.82, 2.24) is 0 Å². The lowest BCUT2D eigenvalue weighted by Crippen LogP contribution is -2.15. The average Bonchev–Trinajstić information content (AvgIpc) is 2.81. The van der Waals surface area contributed by atoms with Crippen LogP contribution >= 0.6 is 0 Å². The molecule has 0 aromatic heterocycles. The maximum absolute atomic E-state index is 13.1. The average molecular weight is 454 g/mol. The van der Waals surface area contributed by atoms with Gasteiger partial charge in [-0.3, -0.25) is 4.72 Å². The van der Waals surface area contributed by atoms with E-state index in [2.05, 4.69) is 4.72 Å². The first-order valence-electron chi connectivity index (χ1n) is 10.7. The van der Waals surface area contributed by atoms with E-state index in [1.54, 1.807) is 18.2 Å². The SMILES string of the molecule is Cc1c(-c2c(O)ccc3ccccc23)cc(NS(=O)(=O)Cc2ccccc2)c2ccccc12. The summed E-state index contributed by atoms with van der Waals surface area (Å²) >= 11 is 0. The van der Waals surface area contributed by atoms with Gasteiger partial charge < -0.3 is 5.11 Å². The van der Waals surface area contributed by atoms with E-state index in [1.807, 2.05) is 85.8 Å². The van der Waals surface area contributed by atoms with Gasteiger partial charge in [0.2, 0.25) is 10.0 Å². The topological polar surface area (TPSA) is 66.4 Å². The van der Waals surface area contributed by atoms with Gasteiger partial charge in [0.25, 0.3) is 0 Å². The van der Waals surface area contributed by atoms with Crippen molar-refractivity contribution in [3.05, 3.63) is 108 Å². The smallest absolute Gasteiger partial charge is 0.236 e. The maximum atomic E-state index is 13.1. The van der Waals surface area contributed by atoms with Gasteiger partial charge in [0.15, 0.2) is 0 Å². The molecule has 0 unspecified atom stereocenters. The fourth-order valence-corrected chi connectivity index (χ4v) is 5.61. The quantitative estimate of drug-likeness (QED) is 0.314. The number of anilines is 1. The number of benzene rings is 5. The van der Waals surface area contributed by atoms with Crippen LogP contribution in [0.2, 0.25) is 0 Å². The fourth-order valence-electron chi connectivity index (χ4n) is 4.40. The molecule has 0 aliphatic carbocycles. The highest BCUT2D eigenvalue weighted by molar-refractivity contribution is 7.91.